The van der Waals surface area contributed by atoms with Gasteiger partial charge in [-0.05, 0) is 54.9 Å². The summed E-state index contributed by atoms with van der Waals surface area (Å²) < 4.78 is 5.11. The van der Waals surface area contributed by atoms with Crippen LogP contribution in [0.4, 0.5) is 0 Å². The first kappa shape index (κ1) is 15.5. The molecule has 2 bridgehead atoms. The van der Waals surface area contributed by atoms with E-state index < -0.39 is 0 Å². The van der Waals surface area contributed by atoms with Gasteiger partial charge < -0.3 is 10.1 Å². The molecule has 1 N–H and O–H groups in total. The molecule has 0 saturated heterocycles. The summed E-state index contributed by atoms with van der Waals surface area (Å²) in [6, 6.07) is 4.05. The second-order valence-corrected chi connectivity index (χ2v) is 7.51. The minimum absolute atomic E-state index is 0.149. The summed E-state index contributed by atoms with van der Waals surface area (Å²) in [5, 5.41) is 4.81. The van der Waals surface area contributed by atoms with Crippen molar-refractivity contribution >= 4 is 23.2 Å². The number of fused-ring (bicyclic) bond motifs is 2. The summed E-state index contributed by atoms with van der Waals surface area (Å²) in [7, 11) is 0. The molecule has 4 nitrogen and oxygen atoms in total. The molecule has 5 heteroatoms. The molecule has 2 aliphatic carbocycles. The lowest BCUT2D eigenvalue weighted by molar-refractivity contribution is -0.149. The molecule has 1 heterocycles. The van der Waals surface area contributed by atoms with Gasteiger partial charge in [-0.25, -0.2) is 0 Å². The van der Waals surface area contributed by atoms with Crippen molar-refractivity contribution in [2.24, 2.45) is 17.8 Å². The van der Waals surface area contributed by atoms with Gasteiger partial charge in [-0.2, -0.15) is 0 Å². The molecule has 0 aromatic carbocycles. The first-order valence-corrected chi connectivity index (χ1v) is 9.03. The fourth-order valence-electron chi connectivity index (χ4n) is 3.88. The number of rotatable bonds is 7. The van der Waals surface area contributed by atoms with Crippen LogP contribution >= 0.6 is 11.3 Å². The van der Waals surface area contributed by atoms with Crippen molar-refractivity contribution in [3.63, 3.8) is 0 Å². The van der Waals surface area contributed by atoms with Gasteiger partial charge >= 0.3 is 5.97 Å². The Morgan fingerprint density at radius 2 is 2.23 bits per heavy atom. The standard InChI is InChI=1S/C17H23NO3S/c19-16(18-6-5-15-2-1-7-22-15)11-21-17(20)10-14-9-12-3-4-13(14)8-12/h1-2,7,12-14H,3-6,8-11H2,(H,18,19)/t12-,13-,14-/m0/s1. The Labute approximate surface area is 135 Å². The zero-order valence-corrected chi connectivity index (χ0v) is 13.6. The van der Waals surface area contributed by atoms with Gasteiger partial charge in [0.2, 0.25) is 0 Å². The van der Waals surface area contributed by atoms with E-state index in [1.54, 1.807) is 11.3 Å². The molecule has 3 rings (SSSR count). The highest BCUT2D eigenvalue weighted by molar-refractivity contribution is 7.09. The fourth-order valence-corrected chi connectivity index (χ4v) is 4.59. The Morgan fingerprint density at radius 1 is 1.32 bits per heavy atom. The summed E-state index contributed by atoms with van der Waals surface area (Å²) in [5.74, 6) is 1.62. The molecule has 0 spiro atoms. The van der Waals surface area contributed by atoms with Crippen molar-refractivity contribution in [1.29, 1.82) is 0 Å². The Kier molecular flexibility index (Phi) is 5.13. The Balaban J connectivity index is 1.28. The fraction of sp³-hybridized carbons (Fsp3) is 0.647. The predicted octanol–water partition coefficient (Wildman–Crippen LogP) is 2.78. The van der Waals surface area contributed by atoms with Crippen molar-refractivity contribution in [3.8, 4) is 0 Å². The molecule has 22 heavy (non-hydrogen) atoms. The van der Waals surface area contributed by atoms with Crippen LogP contribution in [-0.2, 0) is 20.7 Å². The second-order valence-electron chi connectivity index (χ2n) is 6.48. The lowest BCUT2D eigenvalue weighted by atomic mass is 9.86. The van der Waals surface area contributed by atoms with Crippen molar-refractivity contribution in [3.05, 3.63) is 22.4 Å². The molecule has 2 aliphatic rings. The van der Waals surface area contributed by atoms with Crippen LogP contribution in [-0.4, -0.2) is 25.0 Å². The highest BCUT2D eigenvalue weighted by atomic mass is 32.1. The lowest BCUT2D eigenvalue weighted by Crippen LogP contribution is -2.30. The van der Waals surface area contributed by atoms with E-state index in [2.05, 4.69) is 5.32 Å². The van der Waals surface area contributed by atoms with E-state index in [-0.39, 0.29) is 18.5 Å². The van der Waals surface area contributed by atoms with E-state index in [1.807, 2.05) is 17.5 Å². The van der Waals surface area contributed by atoms with Crippen LogP contribution in [0.1, 0.15) is 37.0 Å². The average Bonchev–Trinajstić information content (AvgIpc) is 3.22. The van der Waals surface area contributed by atoms with Crippen LogP contribution in [0.25, 0.3) is 0 Å². The number of hydrogen-bond acceptors (Lipinski definition) is 4. The average molecular weight is 321 g/mol. The van der Waals surface area contributed by atoms with E-state index in [1.165, 1.54) is 30.6 Å². The van der Waals surface area contributed by atoms with E-state index >= 15 is 0 Å². The number of nitrogens with one attached hydrogen (secondary N) is 1. The third-order valence-corrected chi connectivity index (χ3v) is 5.89. The van der Waals surface area contributed by atoms with E-state index in [4.69, 9.17) is 4.74 Å². The molecular weight excluding hydrogens is 298 g/mol. The third-order valence-electron chi connectivity index (χ3n) is 4.95. The maximum atomic E-state index is 11.8. The third kappa shape index (κ3) is 4.09. The summed E-state index contributed by atoms with van der Waals surface area (Å²) in [4.78, 5) is 24.7. The van der Waals surface area contributed by atoms with E-state index in [0.717, 1.165) is 18.3 Å². The van der Waals surface area contributed by atoms with Crippen LogP contribution in [0.5, 0.6) is 0 Å². The van der Waals surface area contributed by atoms with Gasteiger partial charge in [-0.3, -0.25) is 9.59 Å². The quantitative estimate of drug-likeness (QED) is 0.786. The van der Waals surface area contributed by atoms with Crippen LogP contribution in [0.2, 0.25) is 0 Å². The SMILES string of the molecule is O=C(COC(=O)C[C@@H]1C[C@H]2CC[C@H]1C2)NCCc1cccs1. The number of ether oxygens (including phenoxy) is 1. The molecule has 3 atom stereocenters. The normalized spacial score (nSPS) is 26.1. The van der Waals surface area contributed by atoms with Crippen LogP contribution < -0.4 is 5.32 Å². The zero-order chi connectivity index (χ0) is 15.4. The van der Waals surface area contributed by atoms with Gasteiger partial charge in [-0.15, -0.1) is 11.3 Å². The van der Waals surface area contributed by atoms with E-state index in [0.29, 0.717) is 18.9 Å². The molecule has 1 aromatic rings. The maximum Gasteiger partial charge on any atom is 0.306 e. The molecular formula is C17H23NO3S. The Hall–Kier alpha value is -1.36. The summed E-state index contributed by atoms with van der Waals surface area (Å²) in [5.41, 5.74) is 0. The zero-order valence-electron chi connectivity index (χ0n) is 12.8. The highest BCUT2D eigenvalue weighted by Gasteiger charge is 2.40. The number of carbonyl (C=O) groups excluding carboxylic acids is 2. The van der Waals surface area contributed by atoms with Gasteiger partial charge in [-0.1, -0.05) is 12.5 Å². The topological polar surface area (TPSA) is 55.4 Å². The summed E-state index contributed by atoms with van der Waals surface area (Å²) in [6.45, 7) is 0.438. The minimum atomic E-state index is -0.217. The van der Waals surface area contributed by atoms with Crippen molar-refractivity contribution in [1.82, 2.24) is 5.32 Å². The van der Waals surface area contributed by atoms with Crippen LogP contribution in [0.3, 0.4) is 0 Å². The number of esters is 1. The number of hydrogen-bond donors (Lipinski definition) is 1. The first-order valence-electron chi connectivity index (χ1n) is 8.15. The van der Waals surface area contributed by atoms with Crippen molar-refractivity contribution in [2.75, 3.05) is 13.2 Å². The molecule has 2 fully saturated rings. The highest BCUT2D eigenvalue weighted by Crippen LogP contribution is 2.49. The lowest BCUT2D eigenvalue weighted by Gasteiger charge is -2.20. The Morgan fingerprint density at radius 3 is 2.91 bits per heavy atom. The molecule has 0 aliphatic heterocycles. The van der Waals surface area contributed by atoms with Crippen LogP contribution in [0.15, 0.2) is 17.5 Å². The Bertz CT molecular complexity index is 514. The molecule has 1 aromatic heterocycles. The van der Waals surface area contributed by atoms with Gasteiger partial charge in [0.1, 0.15) is 0 Å². The number of amides is 1. The summed E-state index contributed by atoms with van der Waals surface area (Å²) in [6.07, 6.45) is 6.38. The predicted molar refractivity (Wildman–Crippen MR) is 85.5 cm³/mol. The second kappa shape index (κ2) is 7.27. The summed E-state index contributed by atoms with van der Waals surface area (Å²) >= 11 is 1.68. The minimum Gasteiger partial charge on any atom is -0.456 e. The van der Waals surface area contributed by atoms with Crippen LogP contribution in [0, 0.1) is 17.8 Å². The van der Waals surface area contributed by atoms with Crippen molar-refractivity contribution < 1.29 is 14.3 Å². The van der Waals surface area contributed by atoms with Gasteiger partial charge in [0.05, 0.1) is 0 Å². The molecule has 1 amide bonds. The smallest absolute Gasteiger partial charge is 0.306 e. The largest absolute Gasteiger partial charge is 0.456 e. The number of carbonyl (C=O) groups is 2. The van der Waals surface area contributed by atoms with Crippen molar-refractivity contribution in [2.45, 2.75) is 38.5 Å². The van der Waals surface area contributed by atoms with Gasteiger partial charge in [0.25, 0.3) is 5.91 Å². The monoisotopic (exact) mass is 321 g/mol. The molecule has 0 unspecified atom stereocenters. The van der Waals surface area contributed by atoms with Gasteiger partial charge in [0, 0.05) is 17.8 Å². The number of thiophene rings is 1. The maximum absolute atomic E-state index is 11.8. The molecule has 0 radical (unpaired) electrons. The van der Waals surface area contributed by atoms with E-state index in [9.17, 15) is 9.59 Å². The molecule has 2 saturated carbocycles. The first-order chi connectivity index (χ1) is 10.7. The van der Waals surface area contributed by atoms with Gasteiger partial charge in [0.15, 0.2) is 6.61 Å². The molecule has 120 valence electrons.